The number of halogens is 3. The maximum absolute atomic E-state index is 12.7. The Morgan fingerprint density at radius 3 is 2.67 bits per heavy atom. The van der Waals surface area contributed by atoms with Gasteiger partial charge in [0, 0.05) is 23.1 Å². The zero-order valence-corrected chi connectivity index (χ0v) is 10.1. The summed E-state index contributed by atoms with van der Waals surface area (Å²) in [4.78, 5) is 0. The normalized spacial score (nSPS) is 16.0. The lowest BCUT2D eigenvalue weighted by Crippen LogP contribution is -2.10. The van der Waals surface area contributed by atoms with Gasteiger partial charge in [0.25, 0.3) is 0 Å². The van der Waals surface area contributed by atoms with Crippen molar-refractivity contribution in [2.45, 2.75) is 38.9 Å². The Hall–Kier alpha value is -1.45. The molecular weight excluding hydrogens is 239 g/mol. The maximum atomic E-state index is 12.7. The molecule has 1 nitrogen and oxygen atoms in total. The summed E-state index contributed by atoms with van der Waals surface area (Å²) in [7, 11) is 0. The molecule has 1 aliphatic heterocycles. The fourth-order valence-corrected chi connectivity index (χ4v) is 2.89. The van der Waals surface area contributed by atoms with Crippen LogP contribution in [0.25, 0.3) is 10.9 Å². The van der Waals surface area contributed by atoms with Gasteiger partial charge in [-0.25, -0.2) is 0 Å². The third-order valence-electron chi connectivity index (χ3n) is 3.82. The van der Waals surface area contributed by atoms with Crippen LogP contribution in [-0.2, 0) is 19.1 Å². The molecule has 0 aliphatic carbocycles. The van der Waals surface area contributed by atoms with Gasteiger partial charge in [0.1, 0.15) is 0 Å². The van der Waals surface area contributed by atoms with E-state index in [0.717, 1.165) is 42.3 Å². The minimum Gasteiger partial charge on any atom is -0.344 e. The summed E-state index contributed by atoms with van der Waals surface area (Å²) in [5.41, 5.74) is 2.52. The summed E-state index contributed by atoms with van der Waals surface area (Å²) in [6.45, 7) is 2.84. The van der Waals surface area contributed by atoms with Crippen molar-refractivity contribution in [2.24, 2.45) is 0 Å². The zero-order chi connectivity index (χ0) is 12.9. The van der Waals surface area contributed by atoms with Gasteiger partial charge in [-0.05, 0) is 43.9 Å². The highest BCUT2D eigenvalue weighted by atomic mass is 19.4. The van der Waals surface area contributed by atoms with E-state index in [2.05, 4.69) is 4.57 Å². The molecule has 0 fully saturated rings. The van der Waals surface area contributed by atoms with Gasteiger partial charge in [-0.1, -0.05) is 6.07 Å². The summed E-state index contributed by atoms with van der Waals surface area (Å²) in [6, 6.07) is 4.08. The molecule has 2 aromatic rings. The first kappa shape index (κ1) is 11.6. The van der Waals surface area contributed by atoms with Crippen LogP contribution in [0, 0.1) is 6.92 Å². The SMILES string of the molecule is Cc1c2n(c3cc(C(F)(F)F)ccc13)CCCC2. The van der Waals surface area contributed by atoms with Gasteiger partial charge in [-0.15, -0.1) is 0 Å². The molecule has 2 heterocycles. The zero-order valence-electron chi connectivity index (χ0n) is 10.1. The molecule has 96 valence electrons. The number of rotatable bonds is 0. The van der Waals surface area contributed by atoms with Crippen molar-refractivity contribution in [2.75, 3.05) is 0 Å². The van der Waals surface area contributed by atoms with Crippen LogP contribution in [0.5, 0.6) is 0 Å². The quantitative estimate of drug-likeness (QED) is 0.659. The number of fused-ring (bicyclic) bond motifs is 3. The highest BCUT2D eigenvalue weighted by molar-refractivity contribution is 5.86. The van der Waals surface area contributed by atoms with Crippen molar-refractivity contribution in [3.05, 3.63) is 35.0 Å². The summed E-state index contributed by atoms with van der Waals surface area (Å²) < 4.78 is 40.3. The second-order valence-corrected chi connectivity index (χ2v) is 4.91. The van der Waals surface area contributed by atoms with Crippen LogP contribution in [0.15, 0.2) is 18.2 Å². The van der Waals surface area contributed by atoms with Gasteiger partial charge in [0.05, 0.1) is 5.56 Å². The van der Waals surface area contributed by atoms with E-state index >= 15 is 0 Å². The Bertz CT molecular complexity index is 608. The molecule has 18 heavy (non-hydrogen) atoms. The Labute approximate surface area is 103 Å². The van der Waals surface area contributed by atoms with Crippen molar-refractivity contribution in [1.29, 1.82) is 0 Å². The predicted molar refractivity (Wildman–Crippen MR) is 64.6 cm³/mol. The summed E-state index contributed by atoms with van der Waals surface area (Å²) in [5.74, 6) is 0. The average Bonchev–Trinajstić information content (AvgIpc) is 2.63. The van der Waals surface area contributed by atoms with Crippen molar-refractivity contribution in [3.63, 3.8) is 0 Å². The van der Waals surface area contributed by atoms with Crippen LogP contribution in [-0.4, -0.2) is 4.57 Å². The Balaban J connectivity index is 2.28. The number of benzene rings is 1. The van der Waals surface area contributed by atoms with E-state index in [1.54, 1.807) is 6.07 Å². The van der Waals surface area contributed by atoms with E-state index in [1.165, 1.54) is 17.8 Å². The highest BCUT2D eigenvalue weighted by Crippen LogP contribution is 2.35. The lowest BCUT2D eigenvalue weighted by molar-refractivity contribution is -0.137. The average molecular weight is 253 g/mol. The number of hydrogen-bond acceptors (Lipinski definition) is 0. The van der Waals surface area contributed by atoms with Crippen LogP contribution in [0.1, 0.15) is 29.7 Å². The minimum atomic E-state index is -4.26. The van der Waals surface area contributed by atoms with E-state index in [-0.39, 0.29) is 0 Å². The molecule has 1 aromatic carbocycles. The molecule has 0 amide bonds. The molecule has 3 rings (SSSR count). The molecule has 0 bridgehead atoms. The molecule has 1 aliphatic rings. The molecule has 0 saturated heterocycles. The lowest BCUT2D eigenvalue weighted by atomic mass is 10.1. The molecule has 0 spiro atoms. The van der Waals surface area contributed by atoms with Crippen molar-refractivity contribution in [3.8, 4) is 0 Å². The standard InChI is InChI=1S/C14H14F3N/c1-9-11-6-5-10(14(15,16)17)8-13(11)18-7-3-2-4-12(9)18/h5-6,8H,2-4,7H2,1H3. The van der Waals surface area contributed by atoms with Crippen LogP contribution in [0.4, 0.5) is 13.2 Å². The third-order valence-corrected chi connectivity index (χ3v) is 3.82. The Kier molecular flexibility index (Phi) is 2.44. The van der Waals surface area contributed by atoms with Gasteiger partial charge in [0.15, 0.2) is 0 Å². The fourth-order valence-electron chi connectivity index (χ4n) is 2.89. The van der Waals surface area contributed by atoms with Gasteiger partial charge in [-0.3, -0.25) is 0 Å². The fraction of sp³-hybridized carbons (Fsp3) is 0.429. The molecule has 1 aromatic heterocycles. The number of aryl methyl sites for hydroxylation is 2. The number of alkyl halides is 3. The number of aromatic nitrogens is 1. The van der Waals surface area contributed by atoms with Crippen LogP contribution >= 0.6 is 0 Å². The van der Waals surface area contributed by atoms with Crippen LogP contribution in [0.3, 0.4) is 0 Å². The third kappa shape index (κ3) is 1.62. The molecule has 0 saturated carbocycles. The predicted octanol–water partition coefficient (Wildman–Crippen LogP) is 4.30. The summed E-state index contributed by atoms with van der Waals surface area (Å²) >= 11 is 0. The van der Waals surface area contributed by atoms with Gasteiger partial charge >= 0.3 is 6.18 Å². The molecule has 0 N–H and O–H groups in total. The molecule has 4 heteroatoms. The first-order valence-electron chi connectivity index (χ1n) is 6.17. The molecule has 0 unspecified atom stereocenters. The van der Waals surface area contributed by atoms with Crippen molar-refractivity contribution >= 4 is 10.9 Å². The molecular formula is C14H14F3N. The topological polar surface area (TPSA) is 4.93 Å². The van der Waals surface area contributed by atoms with E-state index < -0.39 is 11.7 Å². The van der Waals surface area contributed by atoms with E-state index in [4.69, 9.17) is 0 Å². The molecule has 0 radical (unpaired) electrons. The maximum Gasteiger partial charge on any atom is 0.416 e. The number of hydrogen-bond donors (Lipinski definition) is 0. The Morgan fingerprint density at radius 1 is 1.17 bits per heavy atom. The van der Waals surface area contributed by atoms with Crippen molar-refractivity contribution < 1.29 is 13.2 Å². The second kappa shape index (κ2) is 3.77. The minimum absolute atomic E-state index is 0.555. The second-order valence-electron chi connectivity index (χ2n) is 4.91. The first-order chi connectivity index (χ1) is 8.48. The first-order valence-corrected chi connectivity index (χ1v) is 6.17. The largest absolute Gasteiger partial charge is 0.416 e. The van der Waals surface area contributed by atoms with E-state index in [0.29, 0.717) is 0 Å². The van der Waals surface area contributed by atoms with Gasteiger partial charge < -0.3 is 4.57 Å². The van der Waals surface area contributed by atoms with Gasteiger partial charge in [-0.2, -0.15) is 13.2 Å². The summed E-state index contributed by atoms with van der Waals surface area (Å²) in [6.07, 6.45) is -1.11. The van der Waals surface area contributed by atoms with E-state index in [1.807, 2.05) is 6.92 Å². The number of nitrogens with zero attached hydrogens (tertiary/aromatic N) is 1. The van der Waals surface area contributed by atoms with Crippen LogP contribution in [0.2, 0.25) is 0 Å². The monoisotopic (exact) mass is 253 g/mol. The van der Waals surface area contributed by atoms with Gasteiger partial charge in [0.2, 0.25) is 0 Å². The Morgan fingerprint density at radius 2 is 1.94 bits per heavy atom. The smallest absolute Gasteiger partial charge is 0.344 e. The van der Waals surface area contributed by atoms with Crippen molar-refractivity contribution in [1.82, 2.24) is 4.57 Å². The van der Waals surface area contributed by atoms with Crippen LogP contribution < -0.4 is 0 Å². The van der Waals surface area contributed by atoms with E-state index in [9.17, 15) is 13.2 Å². The highest BCUT2D eigenvalue weighted by Gasteiger charge is 2.31. The molecule has 0 atom stereocenters. The summed E-state index contributed by atoms with van der Waals surface area (Å²) in [5, 5.41) is 0.958. The lowest BCUT2D eigenvalue weighted by Gasteiger charge is -2.17.